The summed E-state index contributed by atoms with van der Waals surface area (Å²) in [5, 5.41) is 1.27. The molecule has 0 radical (unpaired) electrons. The zero-order chi connectivity index (χ0) is 20.5. The topological polar surface area (TPSA) is 40.7 Å². The minimum Gasteiger partial charge on any atom is -0.497 e. The molecular weight excluding hydrogens is 374 g/mol. The summed E-state index contributed by atoms with van der Waals surface area (Å²) in [6.45, 7) is 8.62. The van der Waals surface area contributed by atoms with Crippen molar-refractivity contribution in [2.45, 2.75) is 25.7 Å². The van der Waals surface area contributed by atoms with Crippen molar-refractivity contribution in [3.63, 3.8) is 0 Å². The van der Waals surface area contributed by atoms with Gasteiger partial charge in [0.2, 0.25) is 0 Å². The number of aromatic nitrogens is 1. The van der Waals surface area contributed by atoms with Gasteiger partial charge in [-0.1, -0.05) is 6.92 Å². The number of aryl methyl sites for hydroxylation is 1. The highest BCUT2D eigenvalue weighted by atomic mass is 16.5. The van der Waals surface area contributed by atoms with Gasteiger partial charge in [-0.2, -0.15) is 0 Å². The summed E-state index contributed by atoms with van der Waals surface area (Å²) in [6, 6.07) is 13.0. The van der Waals surface area contributed by atoms with Crippen LogP contribution in [0, 0.1) is 0 Å². The van der Waals surface area contributed by atoms with E-state index in [4.69, 9.17) is 9.47 Å². The number of benzene rings is 2. The molecule has 1 N–H and O–H groups in total. The van der Waals surface area contributed by atoms with Crippen LogP contribution in [0.25, 0.3) is 10.9 Å². The summed E-state index contributed by atoms with van der Waals surface area (Å²) in [7, 11) is 1.73. The zero-order valence-corrected chi connectivity index (χ0v) is 18.0. The summed E-state index contributed by atoms with van der Waals surface area (Å²) in [4.78, 5) is 8.54. The number of piperazine rings is 1. The van der Waals surface area contributed by atoms with Crippen LogP contribution in [0.2, 0.25) is 0 Å². The molecule has 1 atom stereocenters. The van der Waals surface area contributed by atoms with Crippen molar-refractivity contribution in [1.82, 2.24) is 9.88 Å². The van der Waals surface area contributed by atoms with Gasteiger partial charge in [-0.15, -0.1) is 0 Å². The van der Waals surface area contributed by atoms with Crippen LogP contribution in [0.5, 0.6) is 11.5 Å². The molecule has 0 saturated carbocycles. The Labute approximate surface area is 178 Å². The molecule has 1 unspecified atom stereocenters. The molecule has 1 aromatic heterocycles. The first-order valence-electron chi connectivity index (χ1n) is 11.1. The van der Waals surface area contributed by atoms with Crippen LogP contribution >= 0.6 is 0 Å². The molecule has 0 bridgehead atoms. The van der Waals surface area contributed by atoms with Gasteiger partial charge in [-0.3, -0.25) is 4.90 Å². The average molecular weight is 406 g/mol. The maximum atomic E-state index is 5.77. The molecule has 2 aromatic carbocycles. The predicted molar refractivity (Wildman–Crippen MR) is 122 cm³/mol. The number of anilines is 1. The molecule has 0 aliphatic carbocycles. The van der Waals surface area contributed by atoms with Crippen molar-refractivity contribution in [1.29, 1.82) is 0 Å². The van der Waals surface area contributed by atoms with E-state index in [2.05, 4.69) is 58.2 Å². The minimum atomic E-state index is 0.471. The van der Waals surface area contributed by atoms with E-state index >= 15 is 0 Å². The molecule has 30 heavy (non-hydrogen) atoms. The number of nitrogens with one attached hydrogen (secondary N) is 1. The SMILES string of the molecule is COc1ccc2[nH]cc(C(C)CN3CCN(c4ccc5c(c4)CCCO5)CC3)c2c1. The molecular formula is C25H31N3O2. The lowest BCUT2D eigenvalue weighted by Gasteiger charge is -2.37. The normalized spacial score (nSPS) is 18.1. The fourth-order valence-corrected chi connectivity index (χ4v) is 4.87. The van der Waals surface area contributed by atoms with Crippen molar-refractivity contribution in [2.75, 3.05) is 51.3 Å². The number of aromatic amines is 1. The number of fused-ring (bicyclic) bond motifs is 2. The second-order valence-corrected chi connectivity index (χ2v) is 8.59. The van der Waals surface area contributed by atoms with Crippen LogP contribution in [0.3, 0.4) is 0 Å². The minimum absolute atomic E-state index is 0.471. The van der Waals surface area contributed by atoms with Gasteiger partial charge in [0.15, 0.2) is 0 Å². The van der Waals surface area contributed by atoms with E-state index in [-0.39, 0.29) is 0 Å². The molecule has 0 spiro atoms. The molecule has 2 aliphatic heterocycles. The Bertz CT molecular complexity index is 1020. The van der Waals surface area contributed by atoms with Crippen LogP contribution in [-0.4, -0.2) is 56.3 Å². The van der Waals surface area contributed by atoms with Crippen molar-refractivity contribution in [3.05, 3.63) is 53.7 Å². The number of ether oxygens (including phenoxy) is 2. The maximum absolute atomic E-state index is 5.77. The van der Waals surface area contributed by atoms with Crippen molar-refractivity contribution >= 4 is 16.6 Å². The molecule has 1 fully saturated rings. The van der Waals surface area contributed by atoms with E-state index in [0.29, 0.717) is 5.92 Å². The summed E-state index contributed by atoms with van der Waals surface area (Å²) in [5.41, 5.74) is 5.26. The quantitative estimate of drug-likeness (QED) is 0.682. The third-order valence-electron chi connectivity index (χ3n) is 6.61. The van der Waals surface area contributed by atoms with Crippen LogP contribution < -0.4 is 14.4 Å². The third-order valence-corrected chi connectivity index (χ3v) is 6.61. The highest BCUT2D eigenvalue weighted by Crippen LogP contribution is 2.31. The largest absolute Gasteiger partial charge is 0.497 e. The Morgan fingerprint density at radius 3 is 2.80 bits per heavy atom. The molecule has 158 valence electrons. The summed E-state index contributed by atoms with van der Waals surface area (Å²) in [5.74, 6) is 2.46. The first-order valence-corrected chi connectivity index (χ1v) is 11.1. The van der Waals surface area contributed by atoms with Gasteiger partial charge in [-0.05, 0) is 66.3 Å². The van der Waals surface area contributed by atoms with Gasteiger partial charge in [0.05, 0.1) is 13.7 Å². The lowest BCUT2D eigenvalue weighted by Crippen LogP contribution is -2.47. The third kappa shape index (κ3) is 3.74. The van der Waals surface area contributed by atoms with E-state index < -0.39 is 0 Å². The van der Waals surface area contributed by atoms with Gasteiger partial charge < -0.3 is 19.4 Å². The van der Waals surface area contributed by atoms with E-state index in [9.17, 15) is 0 Å². The van der Waals surface area contributed by atoms with Gasteiger partial charge in [0.25, 0.3) is 0 Å². The number of hydrogen-bond acceptors (Lipinski definition) is 4. The average Bonchev–Trinajstić information content (AvgIpc) is 3.22. The molecule has 1 saturated heterocycles. The van der Waals surface area contributed by atoms with Gasteiger partial charge >= 0.3 is 0 Å². The fourth-order valence-electron chi connectivity index (χ4n) is 4.87. The van der Waals surface area contributed by atoms with Crippen LogP contribution in [-0.2, 0) is 6.42 Å². The molecule has 5 heteroatoms. The van der Waals surface area contributed by atoms with E-state index in [1.165, 1.54) is 27.7 Å². The summed E-state index contributed by atoms with van der Waals surface area (Å²) < 4.78 is 11.2. The van der Waals surface area contributed by atoms with Crippen molar-refractivity contribution in [2.24, 2.45) is 0 Å². The number of nitrogens with zero attached hydrogens (tertiary/aromatic N) is 2. The number of methoxy groups -OCH3 is 1. The fraction of sp³-hybridized carbons (Fsp3) is 0.440. The zero-order valence-electron chi connectivity index (χ0n) is 18.0. The van der Waals surface area contributed by atoms with Gasteiger partial charge in [-0.25, -0.2) is 0 Å². The lowest BCUT2D eigenvalue weighted by molar-refractivity contribution is 0.246. The maximum Gasteiger partial charge on any atom is 0.122 e. The highest BCUT2D eigenvalue weighted by Gasteiger charge is 2.22. The smallest absolute Gasteiger partial charge is 0.122 e. The molecule has 3 aromatic rings. The Morgan fingerprint density at radius 2 is 1.97 bits per heavy atom. The second kappa shape index (κ2) is 8.23. The number of H-pyrrole nitrogens is 1. The summed E-state index contributed by atoms with van der Waals surface area (Å²) >= 11 is 0. The lowest BCUT2D eigenvalue weighted by atomic mass is 9.99. The summed E-state index contributed by atoms with van der Waals surface area (Å²) in [6.07, 6.45) is 4.43. The van der Waals surface area contributed by atoms with E-state index in [0.717, 1.165) is 63.7 Å². The molecule has 0 amide bonds. The number of rotatable bonds is 5. The molecule has 5 rings (SSSR count). The first kappa shape index (κ1) is 19.3. The van der Waals surface area contributed by atoms with E-state index in [1.807, 2.05) is 6.07 Å². The first-order chi connectivity index (χ1) is 14.7. The molecule has 5 nitrogen and oxygen atoms in total. The van der Waals surface area contributed by atoms with Crippen LogP contribution in [0.4, 0.5) is 5.69 Å². The van der Waals surface area contributed by atoms with Crippen LogP contribution in [0.1, 0.15) is 30.4 Å². The Hall–Kier alpha value is -2.66. The number of hydrogen-bond donors (Lipinski definition) is 1. The molecule has 3 heterocycles. The van der Waals surface area contributed by atoms with Crippen LogP contribution in [0.15, 0.2) is 42.6 Å². The van der Waals surface area contributed by atoms with Crippen molar-refractivity contribution < 1.29 is 9.47 Å². The Kier molecular flexibility index (Phi) is 5.30. The molecule has 2 aliphatic rings. The van der Waals surface area contributed by atoms with Crippen molar-refractivity contribution in [3.8, 4) is 11.5 Å². The standard InChI is InChI=1S/C25H31N3O2/c1-18(23-16-26-24-7-6-21(29-2)15-22(23)24)17-27-9-11-28(12-10-27)20-5-8-25-19(14-20)4-3-13-30-25/h5-8,14-16,18,26H,3-4,9-13,17H2,1-2H3. The predicted octanol–water partition coefficient (Wildman–Crippen LogP) is 4.43. The van der Waals surface area contributed by atoms with Gasteiger partial charge in [0.1, 0.15) is 11.5 Å². The Morgan fingerprint density at radius 1 is 1.10 bits per heavy atom. The second-order valence-electron chi connectivity index (χ2n) is 8.59. The highest BCUT2D eigenvalue weighted by molar-refractivity contribution is 5.85. The van der Waals surface area contributed by atoms with Gasteiger partial charge in [0, 0.05) is 55.5 Å². The Balaban J connectivity index is 1.22. The van der Waals surface area contributed by atoms with E-state index in [1.54, 1.807) is 7.11 Å². The monoisotopic (exact) mass is 405 g/mol.